The third kappa shape index (κ3) is 3.96. The molecule has 2 amide bonds. The van der Waals surface area contributed by atoms with Crippen molar-refractivity contribution < 1.29 is 23.8 Å². The highest BCUT2D eigenvalue weighted by atomic mass is 16.6. The molecule has 1 fully saturated rings. The minimum absolute atomic E-state index is 0.0225. The van der Waals surface area contributed by atoms with E-state index in [1.54, 1.807) is 25.5 Å². The van der Waals surface area contributed by atoms with Crippen LogP contribution in [0.15, 0.2) is 18.5 Å². The van der Waals surface area contributed by atoms with Crippen LogP contribution in [-0.4, -0.2) is 66.3 Å². The van der Waals surface area contributed by atoms with Crippen molar-refractivity contribution in [2.75, 3.05) is 38.4 Å². The van der Waals surface area contributed by atoms with Crippen molar-refractivity contribution in [2.45, 2.75) is 26.0 Å². The maximum absolute atomic E-state index is 12.8. The number of carbonyl (C=O) groups is 2. The number of anilines is 1. The van der Waals surface area contributed by atoms with Gasteiger partial charge in [0.2, 0.25) is 5.82 Å². The van der Waals surface area contributed by atoms with Gasteiger partial charge < -0.3 is 19.5 Å². The van der Waals surface area contributed by atoms with Gasteiger partial charge in [-0.2, -0.15) is 0 Å². The van der Waals surface area contributed by atoms with E-state index in [0.717, 1.165) is 11.1 Å². The van der Waals surface area contributed by atoms with Gasteiger partial charge >= 0.3 is 0 Å². The van der Waals surface area contributed by atoms with Crippen LogP contribution in [0.1, 0.15) is 33.5 Å². The topological polar surface area (TPSA) is 116 Å². The molecule has 0 spiro atoms. The van der Waals surface area contributed by atoms with Gasteiger partial charge in [-0.05, 0) is 31.0 Å². The summed E-state index contributed by atoms with van der Waals surface area (Å²) >= 11 is 0. The van der Waals surface area contributed by atoms with Crippen molar-refractivity contribution in [3.63, 3.8) is 0 Å². The lowest BCUT2D eigenvalue weighted by atomic mass is 10.1. The van der Waals surface area contributed by atoms with Crippen LogP contribution in [0.2, 0.25) is 0 Å². The molecule has 0 saturated carbocycles. The second-order valence-electron chi connectivity index (χ2n) is 7.26. The number of rotatable bonds is 3. The summed E-state index contributed by atoms with van der Waals surface area (Å²) in [5.74, 6) is -0.0548. The molecule has 2 atom stereocenters. The first-order chi connectivity index (χ1) is 14.4. The maximum Gasteiger partial charge on any atom is 0.289 e. The van der Waals surface area contributed by atoms with E-state index in [4.69, 9.17) is 14.2 Å². The number of hydrogen-bond acceptors (Lipinski definition) is 8. The monoisotopic (exact) mass is 413 g/mol. The second kappa shape index (κ2) is 8.33. The summed E-state index contributed by atoms with van der Waals surface area (Å²) in [6.45, 7) is 5.06. The molecule has 10 heteroatoms. The summed E-state index contributed by atoms with van der Waals surface area (Å²) in [4.78, 5) is 39.8. The van der Waals surface area contributed by atoms with Gasteiger partial charge in [0.05, 0.1) is 25.5 Å². The summed E-state index contributed by atoms with van der Waals surface area (Å²) in [7, 11) is 1.60. The summed E-state index contributed by atoms with van der Waals surface area (Å²) in [5.41, 5.74) is 2.31. The first kappa shape index (κ1) is 20.2. The number of hydrogen-bond donors (Lipinski definition) is 1. The lowest BCUT2D eigenvalue weighted by Crippen LogP contribution is -2.49. The van der Waals surface area contributed by atoms with Gasteiger partial charge in [0, 0.05) is 19.4 Å². The van der Waals surface area contributed by atoms with Crippen molar-refractivity contribution in [3.8, 4) is 5.75 Å². The van der Waals surface area contributed by atoms with E-state index >= 15 is 0 Å². The van der Waals surface area contributed by atoms with Crippen molar-refractivity contribution in [3.05, 3.63) is 41.1 Å². The maximum atomic E-state index is 12.8. The standard InChI is InChI=1S/C20H23N5O5/c1-11-6-14-18(22-7-11)25(3)20(27)13(9-30-14)23-19(26)17-21-8-12(2)16(24-17)15-10-28-4-5-29-15/h6-8,13,15H,4-5,9-10H2,1-3H3,(H,23,26)/t13-,15?/m0/s1. The molecule has 4 rings (SSSR count). The molecule has 0 aliphatic carbocycles. The van der Waals surface area contributed by atoms with Gasteiger partial charge in [0.15, 0.2) is 11.6 Å². The molecule has 158 valence electrons. The van der Waals surface area contributed by atoms with E-state index < -0.39 is 11.9 Å². The molecule has 0 radical (unpaired) electrons. The lowest BCUT2D eigenvalue weighted by molar-refractivity contribution is -0.120. The van der Waals surface area contributed by atoms with Crippen molar-refractivity contribution >= 4 is 17.6 Å². The van der Waals surface area contributed by atoms with Crippen LogP contribution >= 0.6 is 0 Å². The third-order valence-corrected chi connectivity index (χ3v) is 4.96. The van der Waals surface area contributed by atoms with E-state index in [1.165, 1.54) is 4.90 Å². The molecule has 1 N–H and O–H groups in total. The summed E-state index contributed by atoms with van der Waals surface area (Å²) in [6, 6.07) is 0.900. The van der Waals surface area contributed by atoms with E-state index in [1.807, 2.05) is 13.8 Å². The van der Waals surface area contributed by atoms with Crippen LogP contribution in [0, 0.1) is 13.8 Å². The first-order valence-electron chi connectivity index (χ1n) is 9.65. The zero-order chi connectivity index (χ0) is 21.3. The molecule has 1 unspecified atom stereocenters. The first-order valence-corrected chi connectivity index (χ1v) is 9.65. The predicted octanol–water partition coefficient (Wildman–Crippen LogP) is 0.730. The molecule has 2 aliphatic heterocycles. The predicted molar refractivity (Wildman–Crippen MR) is 105 cm³/mol. The molecule has 0 aromatic carbocycles. The van der Waals surface area contributed by atoms with Gasteiger partial charge in [-0.3, -0.25) is 14.5 Å². The average Bonchev–Trinajstić information content (AvgIpc) is 2.86. The molecule has 4 heterocycles. The van der Waals surface area contributed by atoms with Crippen LogP contribution in [0.3, 0.4) is 0 Å². The fraction of sp³-hybridized carbons (Fsp3) is 0.450. The smallest absolute Gasteiger partial charge is 0.289 e. The molecule has 10 nitrogen and oxygen atoms in total. The molecule has 30 heavy (non-hydrogen) atoms. The van der Waals surface area contributed by atoms with E-state index in [-0.39, 0.29) is 24.4 Å². The lowest BCUT2D eigenvalue weighted by Gasteiger charge is -2.24. The number of fused-ring (bicyclic) bond motifs is 1. The summed E-state index contributed by atoms with van der Waals surface area (Å²) < 4.78 is 16.9. The Morgan fingerprint density at radius 2 is 2.03 bits per heavy atom. The van der Waals surface area contributed by atoms with Gasteiger partial charge in [0.25, 0.3) is 11.8 Å². The van der Waals surface area contributed by atoms with Crippen LogP contribution in [0.4, 0.5) is 5.82 Å². The Labute approximate surface area is 173 Å². The number of nitrogens with one attached hydrogen (secondary N) is 1. The van der Waals surface area contributed by atoms with Gasteiger partial charge in [-0.25, -0.2) is 15.0 Å². The molecule has 2 aromatic rings. The minimum atomic E-state index is -0.903. The zero-order valence-electron chi connectivity index (χ0n) is 17.0. The number of aryl methyl sites for hydroxylation is 2. The van der Waals surface area contributed by atoms with Gasteiger partial charge in [-0.1, -0.05) is 0 Å². The van der Waals surface area contributed by atoms with E-state index in [9.17, 15) is 9.59 Å². The number of nitrogens with zero attached hydrogens (tertiary/aromatic N) is 4. The Balaban J connectivity index is 1.52. The highest BCUT2D eigenvalue weighted by Gasteiger charge is 2.32. The fourth-order valence-electron chi connectivity index (χ4n) is 3.34. The summed E-state index contributed by atoms with van der Waals surface area (Å²) in [6.07, 6.45) is 2.87. The minimum Gasteiger partial charge on any atom is -0.487 e. The molecule has 0 bridgehead atoms. The Morgan fingerprint density at radius 1 is 1.20 bits per heavy atom. The van der Waals surface area contributed by atoms with Gasteiger partial charge in [-0.15, -0.1) is 0 Å². The Kier molecular flexibility index (Phi) is 5.60. The number of pyridine rings is 1. The van der Waals surface area contributed by atoms with Crippen LogP contribution < -0.4 is 15.0 Å². The zero-order valence-corrected chi connectivity index (χ0v) is 17.0. The van der Waals surface area contributed by atoms with Gasteiger partial charge in [0.1, 0.15) is 18.8 Å². The molecule has 2 aromatic heterocycles. The van der Waals surface area contributed by atoms with Crippen molar-refractivity contribution in [2.24, 2.45) is 0 Å². The quantitative estimate of drug-likeness (QED) is 0.783. The van der Waals surface area contributed by atoms with E-state index in [2.05, 4.69) is 20.3 Å². The number of aromatic nitrogens is 3. The Bertz CT molecular complexity index is 976. The second-order valence-corrected chi connectivity index (χ2v) is 7.26. The third-order valence-electron chi connectivity index (χ3n) is 4.96. The summed E-state index contributed by atoms with van der Waals surface area (Å²) in [5, 5.41) is 2.67. The SMILES string of the molecule is Cc1cnc2c(c1)OC[C@H](NC(=O)c1ncc(C)c(C3COCCO3)n1)C(=O)N2C. The number of ether oxygens (including phenoxy) is 3. The number of amides is 2. The van der Waals surface area contributed by atoms with Crippen LogP contribution in [-0.2, 0) is 14.3 Å². The van der Waals surface area contributed by atoms with Crippen molar-refractivity contribution in [1.82, 2.24) is 20.3 Å². The fourth-order valence-corrected chi connectivity index (χ4v) is 3.34. The van der Waals surface area contributed by atoms with Crippen LogP contribution in [0.25, 0.3) is 0 Å². The van der Waals surface area contributed by atoms with Crippen LogP contribution in [0.5, 0.6) is 5.75 Å². The van der Waals surface area contributed by atoms with Crippen molar-refractivity contribution in [1.29, 1.82) is 0 Å². The number of likely N-dealkylation sites (N-methyl/N-ethyl adjacent to an activating group) is 1. The molecule has 2 aliphatic rings. The Morgan fingerprint density at radius 3 is 2.80 bits per heavy atom. The number of carbonyl (C=O) groups excluding carboxylic acids is 2. The normalized spacial score (nSPS) is 21.4. The molecule has 1 saturated heterocycles. The van der Waals surface area contributed by atoms with E-state index in [0.29, 0.717) is 37.1 Å². The highest BCUT2D eigenvalue weighted by Crippen LogP contribution is 2.29. The Hall–Kier alpha value is -3.11. The highest BCUT2D eigenvalue weighted by molar-refractivity contribution is 6.01. The average molecular weight is 413 g/mol. The largest absolute Gasteiger partial charge is 0.487 e. The molecular weight excluding hydrogens is 390 g/mol. The molecular formula is C20H23N5O5.